The van der Waals surface area contributed by atoms with Crippen molar-refractivity contribution in [3.05, 3.63) is 0 Å². The molecule has 0 amide bonds. The molecule has 0 aromatic carbocycles. The zero-order valence-electron chi connectivity index (χ0n) is 6.14. The summed E-state index contributed by atoms with van der Waals surface area (Å²) in [7, 11) is 0. The van der Waals surface area contributed by atoms with Crippen LogP contribution in [0.25, 0.3) is 0 Å². The molecule has 1 heterocycles. The zero-order valence-corrected chi connectivity index (χ0v) is 6.14. The Kier molecular flexibility index (Phi) is 1.21. The molecule has 54 valence electrons. The van der Waals surface area contributed by atoms with Crippen molar-refractivity contribution < 1.29 is 0 Å². The van der Waals surface area contributed by atoms with E-state index in [9.17, 15) is 0 Å². The molecule has 2 heteroatoms. The highest BCUT2D eigenvalue weighted by molar-refractivity contribution is 5.08. The van der Waals surface area contributed by atoms with Crippen molar-refractivity contribution in [3.63, 3.8) is 0 Å². The molecule has 1 aliphatic heterocycles. The van der Waals surface area contributed by atoms with Crippen LogP contribution in [0.2, 0.25) is 0 Å². The summed E-state index contributed by atoms with van der Waals surface area (Å²) in [5.74, 6) is 0. The molecule has 2 fully saturated rings. The minimum Gasteiger partial charge on any atom is -0.285 e. The summed E-state index contributed by atoms with van der Waals surface area (Å²) < 4.78 is 0. The number of rotatable bonds is 1. The SMILES string of the molecule is N#CCN1CCCC12CC2. The van der Waals surface area contributed by atoms with Gasteiger partial charge in [0, 0.05) is 5.54 Å². The van der Waals surface area contributed by atoms with E-state index in [1.165, 1.54) is 25.7 Å². The largest absolute Gasteiger partial charge is 0.285 e. The van der Waals surface area contributed by atoms with Gasteiger partial charge in [0.05, 0.1) is 12.6 Å². The van der Waals surface area contributed by atoms with Crippen LogP contribution < -0.4 is 0 Å². The van der Waals surface area contributed by atoms with Crippen molar-refractivity contribution in [1.29, 1.82) is 5.26 Å². The Morgan fingerprint density at radius 3 is 2.80 bits per heavy atom. The summed E-state index contributed by atoms with van der Waals surface area (Å²) in [5, 5.41) is 8.49. The Labute approximate surface area is 61.4 Å². The minimum absolute atomic E-state index is 0.524. The third-order valence-corrected chi connectivity index (χ3v) is 2.83. The quantitative estimate of drug-likeness (QED) is 0.505. The Bertz CT molecular complexity index is 176. The second-order valence-corrected chi connectivity index (χ2v) is 3.41. The lowest BCUT2D eigenvalue weighted by Crippen LogP contribution is -2.31. The maximum absolute atomic E-state index is 8.49. The van der Waals surface area contributed by atoms with E-state index in [-0.39, 0.29) is 0 Å². The smallest absolute Gasteiger partial charge is 0.0870 e. The topological polar surface area (TPSA) is 27.0 Å². The van der Waals surface area contributed by atoms with Crippen molar-refractivity contribution in [3.8, 4) is 6.07 Å². The number of hydrogen-bond donors (Lipinski definition) is 0. The molecule has 0 unspecified atom stereocenters. The van der Waals surface area contributed by atoms with Crippen LogP contribution in [-0.4, -0.2) is 23.5 Å². The molecule has 0 bridgehead atoms. The lowest BCUT2D eigenvalue weighted by atomic mass is 10.2. The molecule has 2 nitrogen and oxygen atoms in total. The van der Waals surface area contributed by atoms with E-state index in [1.54, 1.807) is 0 Å². The van der Waals surface area contributed by atoms with Gasteiger partial charge >= 0.3 is 0 Å². The first-order valence-corrected chi connectivity index (χ1v) is 3.99. The first-order valence-electron chi connectivity index (χ1n) is 3.99. The van der Waals surface area contributed by atoms with Gasteiger partial charge in [0.2, 0.25) is 0 Å². The molecule has 0 aromatic rings. The van der Waals surface area contributed by atoms with E-state index in [2.05, 4.69) is 11.0 Å². The first-order chi connectivity index (χ1) is 4.87. The van der Waals surface area contributed by atoms with E-state index >= 15 is 0 Å². The van der Waals surface area contributed by atoms with E-state index in [4.69, 9.17) is 5.26 Å². The maximum Gasteiger partial charge on any atom is 0.0870 e. The van der Waals surface area contributed by atoms with Crippen molar-refractivity contribution in [2.75, 3.05) is 13.1 Å². The van der Waals surface area contributed by atoms with Crippen LogP contribution in [0.15, 0.2) is 0 Å². The van der Waals surface area contributed by atoms with Gasteiger partial charge in [0.25, 0.3) is 0 Å². The monoisotopic (exact) mass is 136 g/mol. The fourth-order valence-electron chi connectivity index (χ4n) is 2.04. The second-order valence-electron chi connectivity index (χ2n) is 3.41. The molecule has 0 radical (unpaired) electrons. The van der Waals surface area contributed by atoms with E-state index in [1.807, 2.05) is 0 Å². The van der Waals surface area contributed by atoms with E-state index in [0.717, 1.165) is 6.54 Å². The average Bonchev–Trinajstić information content (AvgIpc) is 2.57. The van der Waals surface area contributed by atoms with E-state index in [0.29, 0.717) is 12.1 Å². The van der Waals surface area contributed by atoms with Crippen LogP contribution in [0.3, 0.4) is 0 Å². The highest BCUT2D eigenvalue weighted by atomic mass is 15.2. The number of hydrogen-bond acceptors (Lipinski definition) is 2. The van der Waals surface area contributed by atoms with Crippen LogP contribution in [0.1, 0.15) is 25.7 Å². The molecular weight excluding hydrogens is 124 g/mol. The van der Waals surface area contributed by atoms with Gasteiger partial charge in [-0.2, -0.15) is 5.26 Å². The highest BCUT2D eigenvalue weighted by Crippen LogP contribution is 2.48. The normalized spacial score (nSPS) is 28.7. The zero-order chi connectivity index (χ0) is 7.03. The van der Waals surface area contributed by atoms with Crippen molar-refractivity contribution in [2.45, 2.75) is 31.2 Å². The number of likely N-dealkylation sites (tertiary alicyclic amines) is 1. The third-order valence-electron chi connectivity index (χ3n) is 2.83. The second kappa shape index (κ2) is 1.96. The summed E-state index contributed by atoms with van der Waals surface area (Å²) in [6.45, 7) is 1.81. The van der Waals surface area contributed by atoms with Gasteiger partial charge in [-0.3, -0.25) is 4.90 Å². The summed E-state index contributed by atoms with van der Waals surface area (Å²) >= 11 is 0. The molecule has 2 rings (SSSR count). The number of nitrogens with zero attached hydrogens (tertiary/aromatic N) is 2. The molecule has 1 saturated heterocycles. The van der Waals surface area contributed by atoms with Crippen LogP contribution in [0.5, 0.6) is 0 Å². The fraction of sp³-hybridized carbons (Fsp3) is 0.875. The molecule has 1 aliphatic carbocycles. The first kappa shape index (κ1) is 6.18. The summed E-state index contributed by atoms with van der Waals surface area (Å²) in [4.78, 5) is 2.35. The summed E-state index contributed by atoms with van der Waals surface area (Å²) in [6.07, 6.45) is 5.33. The Morgan fingerprint density at radius 2 is 2.20 bits per heavy atom. The molecule has 0 aromatic heterocycles. The Hall–Kier alpha value is -0.550. The van der Waals surface area contributed by atoms with Gasteiger partial charge in [0.15, 0.2) is 0 Å². The van der Waals surface area contributed by atoms with Gasteiger partial charge in [-0.25, -0.2) is 0 Å². The molecule has 2 aliphatic rings. The van der Waals surface area contributed by atoms with Crippen molar-refractivity contribution in [1.82, 2.24) is 4.90 Å². The predicted molar refractivity (Wildman–Crippen MR) is 38.4 cm³/mol. The average molecular weight is 136 g/mol. The Morgan fingerprint density at radius 1 is 1.40 bits per heavy atom. The lowest BCUT2D eigenvalue weighted by Gasteiger charge is -2.19. The number of nitriles is 1. The standard InChI is InChI=1S/C8H12N2/c9-5-7-10-6-1-2-8(10)3-4-8/h1-4,6-7H2. The van der Waals surface area contributed by atoms with Gasteiger partial charge in [0.1, 0.15) is 0 Å². The van der Waals surface area contributed by atoms with Gasteiger partial charge in [-0.05, 0) is 32.2 Å². The molecule has 1 saturated carbocycles. The highest BCUT2D eigenvalue weighted by Gasteiger charge is 2.50. The van der Waals surface area contributed by atoms with E-state index < -0.39 is 0 Å². The van der Waals surface area contributed by atoms with Crippen LogP contribution in [0.4, 0.5) is 0 Å². The predicted octanol–water partition coefficient (Wildman–Crippen LogP) is 1.14. The lowest BCUT2D eigenvalue weighted by molar-refractivity contribution is 0.265. The molecule has 0 atom stereocenters. The third kappa shape index (κ3) is 0.741. The van der Waals surface area contributed by atoms with Crippen LogP contribution >= 0.6 is 0 Å². The maximum atomic E-state index is 8.49. The molecule has 0 N–H and O–H groups in total. The molecule has 1 spiro atoms. The summed E-state index contributed by atoms with van der Waals surface area (Å²) in [5.41, 5.74) is 0.524. The Balaban J connectivity index is 2.02. The summed E-state index contributed by atoms with van der Waals surface area (Å²) in [6, 6.07) is 2.23. The van der Waals surface area contributed by atoms with Crippen LogP contribution in [-0.2, 0) is 0 Å². The van der Waals surface area contributed by atoms with Gasteiger partial charge in [-0.1, -0.05) is 0 Å². The van der Waals surface area contributed by atoms with Gasteiger partial charge in [-0.15, -0.1) is 0 Å². The fourth-order valence-corrected chi connectivity index (χ4v) is 2.04. The van der Waals surface area contributed by atoms with Crippen LogP contribution in [0, 0.1) is 11.3 Å². The molecule has 10 heavy (non-hydrogen) atoms. The van der Waals surface area contributed by atoms with Gasteiger partial charge < -0.3 is 0 Å². The molecular formula is C8H12N2. The van der Waals surface area contributed by atoms with Crippen molar-refractivity contribution >= 4 is 0 Å². The minimum atomic E-state index is 0.524. The van der Waals surface area contributed by atoms with Crippen molar-refractivity contribution in [2.24, 2.45) is 0 Å².